The molecule has 1 aliphatic rings. The van der Waals surface area contributed by atoms with Crippen LogP contribution >= 0.6 is 0 Å². The minimum absolute atomic E-state index is 0.343. The molecule has 1 saturated carbocycles. The fourth-order valence-electron chi connectivity index (χ4n) is 2.99. The Hall–Kier alpha value is -0.820. The van der Waals surface area contributed by atoms with Gasteiger partial charge in [-0.25, -0.2) is 0 Å². The molecule has 0 bridgehead atoms. The van der Waals surface area contributed by atoms with Gasteiger partial charge in [0.2, 0.25) is 0 Å². The highest BCUT2D eigenvalue weighted by Gasteiger charge is 2.20. The molecule has 0 radical (unpaired) electrons. The van der Waals surface area contributed by atoms with Gasteiger partial charge in [0.15, 0.2) is 0 Å². The molecule has 0 amide bonds. The lowest BCUT2D eigenvalue weighted by atomic mass is 9.79. The van der Waals surface area contributed by atoms with Crippen LogP contribution in [0.4, 0.5) is 0 Å². The van der Waals surface area contributed by atoms with Crippen LogP contribution in [-0.2, 0) is 6.42 Å². The van der Waals surface area contributed by atoms with Crippen molar-refractivity contribution in [3.8, 4) is 0 Å². The maximum absolute atomic E-state index is 6.27. The topological polar surface area (TPSA) is 26.0 Å². The summed E-state index contributed by atoms with van der Waals surface area (Å²) in [7, 11) is 0. The van der Waals surface area contributed by atoms with Crippen LogP contribution in [-0.4, -0.2) is 6.04 Å². The Bertz CT molecular complexity index is 312. The lowest BCUT2D eigenvalue weighted by Gasteiger charge is -2.28. The monoisotopic (exact) mass is 231 g/mol. The maximum atomic E-state index is 6.27. The highest BCUT2D eigenvalue weighted by molar-refractivity contribution is 5.15. The smallest absolute Gasteiger partial charge is 0.00819 e. The zero-order chi connectivity index (χ0) is 12.1. The van der Waals surface area contributed by atoms with E-state index in [-0.39, 0.29) is 0 Å². The van der Waals surface area contributed by atoms with Crippen molar-refractivity contribution >= 4 is 0 Å². The van der Waals surface area contributed by atoms with Crippen LogP contribution in [0.5, 0.6) is 0 Å². The summed E-state index contributed by atoms with van der Waals surface area (Å²) in [5.41, 5.74) is 7.65. The standard InChI is InChI=1S/C16H25N/c1-13-7-9-15(10-8-13)12-16(17)11-14-5-3-2-4-6-14/h2-6,13,15-16H,7-12,17H2,1H3. The first-order valence-corrected chi connectivity index (χ1v) is 7.03. The lowest BCUT2D eigenvalue weighted by Crippen LogP contribution is -2.27. The summed E-state index contributed by atoms with van der Waals surface area (Å²) in [5, 5.41) is 0. The Labute approximate surface area is 105 Å². The molecule has 1 heteroatoms. The van der Waals surface area contributed by atoms with E-state index < -0.39 is 0 Å². The van der Waals surface area contributed by atoms with E-state index in [0.717, 1.165) is 18.3 Å². The van der Waals surface area contributed by atoms with Gasteiger partial charge in [-0.3, -0.25) is 0 Å². The Morgan fingerprint density at radius 1 is 1.12 bits per heavy atom. The van der Waals surface area contributed by atoms with Crippen LogP contribution in [0.25, 0.3) is 0 Å². The Balaban J connectivity index is 1.76. The van der Waals surface area contributed by atoms with Crippen molar-refractivity contribution in [2.45, 2.75) is 51.5 Å². The van der Waals surface area contributed by atoms with Crippen molar-refractivity contribution in [3.63, 3.8) is 0 Å². The number of hydrogen-bond donors (Lipinski definition) is 1. The van der Waals surface area contributed by atoms with E-state index in [0.29, 0.717) is 6.04 Å². The fraction of sp³-hybridized carbons (Fsp3) is 0.625. The van der Waals surface area contributed by atoms with Crippen LogP contribution < -0.4 is 5.73 Å². The third-order valence-electron chi connectivity index (χ3n) is 4.11. The third kappa shape index (κ3) is 4.16. The predicted molar refractivity (Wildman–Crippen MR) is 73.9 cm³/mol. The van der Waals surface area contributed by atoms with E-state index in [1.54, 1.807) is 0 Å². The summed E-state index contributed by atoms with van der Waals surface area (Å²) in [5.74, 6) is 1.82. The molecule has 17 heavy (non-hydrogen) atoms. The average Bonchev–Trinajstić information content (AvgIpc) is 2.33. The molecule has 0 aliphatic heterocycles. The van der Waals surface area contributed by atoms with E-state index in [4.69, 9.17) is 5.73 Å². The molecule has 1 unspecified atom stereocenters. The van der Waals surface area contributed by atoms with Crippen molar-refractivity contribution in [2.75, 3.05) is 0 Å². The minimum Gasteiger partial charge on any atom is -0.327 e. The van der Waals surface area contributed by atoms with Gasteiger partial charge < -0.3 is 5.73 Å². The largest absolute Gasteiger partial charge is 0.327 e. The van der Waals surface area contributed by atoms with Crippen molar-refractivity contribution in [1.82, 2.24) is 0 Å². The summed E-state index contributed by atoms with van der Waals surface area (Å²) in [6.45, 7) is 2.38. The SMILES string of the molecule is CC1CCC(CC(N)Cc2ccccc2)CC1. The lowest BCUT2D eigenvalue weighted by molar-refractivity contribution is 0.264. The van der Waals surface area contributed by atoms with Crippen molar-refractivity contribution in [1.29, 1.82) is 0 Å². The molecule has 1 fully saturated rings. The van der Waals surface area contributed by atoms with E-state index >= 15 is 0 Å². The first kappa shape index (κ1) is 12.6. The molecular formula is C16H25N. The first-order valence-electron chi connectivity index (χ1n) is 7.03. The number of benzene rings is 1. The molecule has 1 atom stereocenters. The predicted octanol–water partition coefficient (Wildman–Crippen LogP) is 3.77. The van der Waals surface area contributed by atoms with Crippen molar-refractivity contribution in [3.05, 3.63) is 35.9 Å². The molecule has 94 valence electrons. The molecule has 0 saturated heterocycles. The van der Waals surface area contributed by atoms with Crippen molar-refractivity contribution < 1.29 is 0 Å². The van der Waals surface area contributed by atoms with Crippen LogP contribution in [0, 0.1) is 11.8 Å². The van der Waals surface area contributed by atoms with Gasteiger partial charge in [-0.1, -0.05) is 62.9 Å². The Morgan fingerprint density at radius 2 is 1.76 bits per heavy atom. The van der Waals surface area contributed by atoms with Crippen LogP contribution in [0.2, 0.25) is 0 Å². The molecule has 1 nitrogen and oxygen atoms in total. The summed E-state index contributed by atoms with van der Waals surface area (Å²) in [6.07, 6.45) is 7.84. The molecule has 1 aliphatic carbocycles. The third-order valence-corrected chi connectivity index (χ3v) is 4.11. The first-order chi connectivity index (χ1) is 8.24. The van der Waals surface area contributed by atoms with Gasteiger partial charge >= 0.3 is 0 Å². The normalized spacial score (nSPS) is 26.7. The zero-order valence-corrected chi connectivity index (χ0v) is 10.9. The number of hydrogen-bond acceptors (Lipinski definition) is 1. The van der Waals surface area contributed by atoms with Gasteiger partial charge in [-0.05, 0) is 30.2 Å². The second kappa shape index (κ2) is 6.20. The van der Waals surface area contributed by atoms with E-state index in [9.17, 15) is 0 Å². The summed E-state index contributed by atoms with van der Waals surface area (Å²) in [4.78, 5) is 0. The quantitative estimate of drug-likeness (QED) is 0.838. The van der Waals surface area contributed by atoms with Crippen LogP contribution in [0.3, 0.4) is 0 Å². The fourth-order valence-corrected chi connectivity index (χ4v) is 2.99. The molecule has 0 spiro atoms. The number of nitrogens with two attached hydrogens (primary N) is 1. The Morgan fingerprint density at radius 3 is 2.41 bits per heavy atom. The zero-order valence-electron chi connectivity index (χ0n) is 10.9. The van der Waals surface area contributed by atoms with E-state index in [1.807, 2.05) is 0 Å². The van der Waals surface area contributed by atoms with Crippen LogP contribution in [0.1, 0.15) is 44.6 Å². The molecule has 1 aromatic carbocycles. The summed E-state index contributed by atoms with van der Waals surface area (Å²) >= 11 is 0. The second-order valence-electron chi connectivity index (χ2n) is 5.81. The van der Waals surface area contributed by atoms with Gasteiger partial charge in [-0.15, -0.1) is 0 Å². The highest BCUT2D eigenvalue weighted by Crippen LogP contribution is 2.31. The van der Waals surface area contributed by atoms with E-state index in [2.05, 4.69) is 37.3 Å². The molecule has 1 aromatic rings. The Kier molecular flexibility index (Phi) is 4.61. The van der Waals surface area contributed by atoms with Crippen LogP contribution in [0.15, 0.2) is 30.3 Å². The maximum Gasteiger partial charge on any atom is 0.00819 e. The van der Waals surface area contributed by atoms with Gasteiger partial charge in [0.1, 0.15) is 0 Å². The van der Waals surface area contributed by atoms with Gasteiger partial charge in [0, 0.05) is 6.04 Å². The second-order valence-corrected chi connectivity index (χ2v) is 5.81. The summed E-state index contributed by atoms with van der Waals surface area (Å²) < 4.78 is 0. The van der Waals surface area contributed by atoms with Crippen molar-refractivity contribution in [2.24, 2.45) is 17.6 Å². The molecular weight excluding hydrogens is 206 g/mol. The summed E-state index contributed by atoms with van der Waals surface area (Å²) in [6, 6.07) is 11.0. The highest BCUT2D eigenvalue weighted by atomic mass is 14.6. The molecule has 0 aromatic heterocycles. The molecule has 2 rings (SSSR count). The molecule has 0 heterocycles. The molecule has 2 N–H and O–H groups in total. The van der Waals surface area contributed by atoms with Gasteiger partial charge in [0.05, 0.1) is 0 Å². The number of rotatable bonds is 4. The minimum atomic E-state index is 0.343. The average molecular weight is 231 g/mol. The van der Waals surface area contributed by atoms with Gasteiger partial charge in [-0.2, -0.15) is 0 Å². The van der Waals surface area contributed by atoms with Gasteiger partial charge in [0.25, 0.3) is 0 Å². The van der Waals surface area contributed by atoms with E-state index in [1.165, 1.54) is 37.7 Å².